The summed E-state index contributed by atoms with van der Waals surface area (Å²) in [6.07, 6.45) is 1.81. The molecule has 0 aliphatic carbocycles. The Morgan fingerprint density at radius 3 is 2.48 bits per heavy atom. The van der Waals surface area contributed by atoms with Gasteiger partial charge >= 0.3 is 0 Å². The van der Waals surface area contributed by atoms with Gasteiger partial charge in [0.2, 0.25) is 0 Å². The number of pyridine rings is 1. The minimum Gasteiger partial charge on any atom is -0.350 e. The minimum atomic E-state index is -0.0931. The maximum atomic E-state index is 12.3. The van der Waals surface area contributed by atoms with Gasteiger partial charge in [0.05, 0.1) is 0 Å². The highest BCUT2D eigenvalue weighted by Gasteiger charge is 2.19. The fraction of sp³-hybridized carbons (Fsp3) is 0.529. The molecule has 0 bridgehead atoms. The van der Waals surface area contributed by atoms with E-state index in [1.54, 1.807) is 6.20 Å². The summed E-state index contributed by atoms with van der Waals surface area (Å²) in [5.41, 5.74) is 2.36. The maximum Gasteiger partial charge on any atom is 0.271 e. The third-order valence-electron chi connectivity index (χ3n) is 4.14. The first-order chi connectivity index (χ1) is 9.90. The third kappa shape index (κ3) is 3.43. The van der Waals surface area contributed by atoms with Crippen molar-refractivity contribution in [2.75, 3.05) is 6.54 Å². The van der Waals surface area contributed by atoms with E-state index in [1.807, 2.05) is 29.5 Å². The third-order valence-corrected chi connectivity index (χ3v) is 4.14. The van der Waals surface area contributed by atoms with Gasteiger partial charge in [-0.2, -0.15) is 0 Å². The summed E-state index contributed by atoms with van der Waals surface area (Å²) in [5, 5.41) is 3.03. The van der Waals surface area contributed by atoms with Crippen LogP contribution in [0.15, 0.2) is 24.4 Å². The number of aryl methyl sites for hydroxylation is 1. The van der Waals surface area contributed by atoms with Crippen molar-refractivity contribution in [1.29, 1.82) is 0 Å². The van der Waals surface area contributed by atoms with E-state index in [9.17, 15) is 4.79 Å². The highest BCUT2D eigenvalue weighted by Crippen LogP contribution is 2.19. The molecule has 0 aliphatic rings. The van der Waals surface area contributed by atoms with Gasteiger partial charge in [-0.15, -0.1) is 0 Å². The fourth-order valence-electron chi connectivity index (χ4n) is 2.80. The molecule has 0 atom stereocenters. The summed E-state index contributed by atoms with van der Waals surface area (Å²) in [7, 11) is 0. The quantitative estimate of drug-likeness (QED) is 0.917. The average Bonchev–Trinajstić information content (AvgIpc) is 2.83. The number of imidazole rings is 1. The molecule has 4 heteroatoms. The van der Waals surface area contributed by atoms with E-state index in [0.717, 1.165) is 11.3 Å². The van der Waals surface area contributed by atoms with Crippen molar-refractivity contribution < 1.29 is 4.79 Å². The number of nitrogens with zero attached hydrogens (tertiary/aromatic N) is 2. The lowest BCUT2D eigenvalue weighted by molar-refractivity contribution is 0.0933. The Morgan fingerprint density at radius 2 is 1.90 bits per heavy atom. The van der Waals surface area contributed by atoms with E-state index < -0.39 is 0 Å². The van der Waals surface area contributed by atoms with Gasteiger partial charge in [0.25, 0.3) is 5.91 Å². The highest BCUT2D eigenvalue weighted by atomic mass is 16.1. The van der Waals surface area contributed by atoms with Crippen LogP contribution in [0.25, 0.3) is 5.65 Å². The van der Waals surface area contributed by atoms with Crippen molar-refractivity contribution in [3.8, 4) is 0 Å². The molecule has 0 spiro atoms. The Labute approximate surface area is 126 Å². The number of rotatable bonds is 5. The number of amides is 1. The van der Waals surface area contributed by atoms with Crippen LogP contribution in [0.2, 0.25) is 0 Å². The Kier molecular flexibility index (Phi) is 4.66. The SMILES string of the molecule is Cc1cccc2nc(C(=O)NCC(C(C)C)C(C)C)cn12. The summed E-state index contributed by atoms with van der Waals surface area (Å²) >= 11 is 0. The Balaban J connectivity index is 2.10. The maximum absolute atomic E-state index is 12.3. The Hall–Kier alpha value is -1.84. The van der Waals surface area contributed by atoms with Crippen LogP contribution in [-0.2, 0) is 0 Å². The predicted octanol–water partition coefficient (Wildman–Crippen LogP) is 3.30. The van der Waals surface area contributed by atoms with E-state index in [2.05, 4.69) is 38.0 Å². The lowest BCUT2D eigenvalue weighted by atomic mass is 9.85. The topological polar surface area (TPSA) is 46.4 Å². The molecule has 0 aromatic carbocycles. The average molecular weight is 287 g/mol. The summed E-state index contributed by atoms with van der Waals surface area (Å²) in [6.45, 7) is 11.5. The predicted molar refractivity (Wildman–Crippen MR) is 85.4 cm³/mol. The van der Waals surface area contributed by atoms with Gasteiger partial charge in [0.15, 0.2) is 0 Å². The minimum absolute atomic E-state index is 0.0931. The van der Waals surface area contributed by atoms with E-state index in [0.29, 0.717) is 30.0 Å². The molecule has 114 valence electrons. The molecular weight excluding hydrogens is 262 g/mol. The van der Waals surface area contributed by atoms with Gasteiger partial charge in [-0.3, -0.25) is 4.79 Å². The summed E-state index contributed by atoms with van der Waals surface area (Å²) in [6, 6.07) is 5.87. The number of hydrogen-bond acceptors (Lipinski definition) is 2. The van der Waals surface area contributed by atoms with Crippen LogP contribution < -0.4 is 5.32 Å². The molecule has 0 aliphatic heterocycles. The van der Waals surface area contributed by atoms with Crippen LogP contribution in [0.5, 0.6) is 0 Å². The molecule has 21 heavy (non-hydrogen) atoms. The summed E-state index contributed by atoms with van der Waals surface area (Å²) < 4.78 is 1.94. The van der Waals surface area contributed by atoms with E-state index in [4.69, 9.17) is 0 Å². The van der Waals surface area contributed by atoms with Gasteiger partial charge < -0.3 is 9.72 Å². The second-order valence-corrected chi connectivity index (χ2v) is 6.38. The largest absolute Gasteiger partial charge is 0.350 e. The van der Waals surface area contributed by atoms with Gasteiger partial charge in [-0.1, -0.05) is 33.8 Å². The molecule has 0 saturated carbocycles. The summed E-state index contributed by atoms with van der Waals surface area (Å²) in [5.74, 6) is 1.49. The van der Waals surface area contributed by atoms with Crippen LogP contribution in [0, 0.1) is 24.7 Å². The zero-order valence-corrected chi connectivity index (χ0v) is 13.6. The second kappa shape index (κ2) is 6.29. The van der Waals surface area contributed by atoms with Crippen molar-refractivity contribution in [3.05, 3.63) is 35.8 Å². The molecule has 0 radical (unpaired) electrons. The summed E-state index contributed by atoms with van der Waals surface area (Å²) in [4.78, 5) is 16.7. The van der Waals surface area contributed by atoms with Crippen molar-refractivity contribution in [1.82, 2.24) is 14.7 Å². The first kappa shape index (κ1) is 15.5. The van der Waals surface area contributed by atoms with Crippen LogP contribution in [0.3, 0.4) is 0 Å². The lowest BCUT2D eigenvalue weighted by Gasteiger charge is -2.24. The zero-order chi connectivity index (χ0) is 15.6. The molecule has 0 saturated heterocycles. The molecule has 0 fully saturated rings. The van der Waals surface area contributed by atoms with Crippen molar-refractivity contribution >= 4 is 11.6 Å². The first-order valence-electron chi connectivity index (χ1n) is 7.63. The smallest absolute Gasteiger partial charge is 0.271 e. The monoisotopic (exact) mass is 287 g/mol. The van der Waals surface area contributed by atoms with E-state index in [1.165, 1.54) is 0 Å². The van der Waals surface area contributed by atoms with Gasteiger partial charge in [-0.05, 0) is 36.8 Å². The molecule has 2 rings (SSSR count). The normalized spacial score (nSPS) is 11.8. The first-order valence-corrected chi connectivity index (χ1v) is 7.63. The highest BCUT2D eigenvalue weighted by molar-refractivity contribution is 5.92. The number of aromatic nitrogens is 2. The number of fused-ring (bicyclic) bond motifs is 1. The fourth-order valence-corrected chi connectivity index (χ4v) is 2.80. The number of carbonyl (C=O) groups is 1. The number of carbonyl (C=O) groups excluding carboxylic acids is 1. The standard InChI is InChI=1S/C17H25N3O/c1-11(2)14(12(3)4)9-18-17(21)15-10-20-13(5)7-6-8-16(20)19-15/h6-8,10-12,14H,9H2,1-5H3,(H,18,21). The number of hydrogen-bond donors (Lipinski definition) is 1. The van der Waals surface area contributed by atoms with Gasteiger partial charge in [-0.25, -0.2) is 4.98 Å². The Bertz CT molecular complexity index is 620. The molecule has 1 amide bonds. The van der Waals surface area contributed by atoms with Gasteiger partial charge in [0.1, 0.15) is 11.3 Å². The van der Waals surface area contributed by atoms with Crippen LogP contribution in [0.1, 0.15) is 43.9 Å². The second-order valence-electron chi connectivity index (χ2n) is 6.38. The Morgan fingerprint density at radius 1 is 1.24 bits per heavy atom. The molecule has 2 aromatic heterocycles. The van der Waals surface area contributed by atoms with Crippen LogP contribution in [-0.4, -0.2) is 21.8 Å². The van der Waals surface area contributed by atoms with Crippen molar-refractivity contribution in [3.63, 3.8) is 0 Å². The van der Waals surface area contributed by atoms with E-state index >= 15 is 0 Å². The van der Waals surface area contributed by atoms with Crippen molar-refractivity contribution in [2.45, 2.75) is 34.6 Å². The van der Waals surface area contributed by atoms with Crippen LogP contribution in [0.4, 0.5) is 0 Å². The van der Waals surface area contributed by atoms with Gasteiger partial charge in [0, 0.05) is 18.4 Å². The zero-order valence-electron chi connectivity index (χ0n) is 13.6. The van der Waals surface area contributed by atoms with E-state index in [-0.39, 0.29) is 5.91 Å². The molecule has 4 nitrogen and oxygen atoms in total. The lowest BCUT2D eigenvalue weighted by Crippen LogP contribution is -2.34. The van der Waals surface area contributed by atoms with Crippen LogP contribution >= 0.6 is 0 Å². The number of nitrogens with one attached hydrogen (secondary N) is 1. The molecule has 0 unspecified atom stereocenters. The molecular formula is C17H25N3O. The van der Waals surface area contributed by atoms with Crippen molar-refractivity contribution in [2.24, 2.45) is 17.8 Å². The molecule has 1 N–H and O–H groups in total. The molecule has 2 aromatic rings. The molecule has 2 heterocycles.